The van der Waals surface area contributed by atoms with Crippen LogP contribution in [0, 0.1) is 0 Å². The van der Waals surface area contributed by atoms with Gasteiger partial charge in [-0.15, -0.1) is 0 Å². The van der Waals surface area contributed by atoms with Crippen LogP contribution in [-0.2, 0) is 4.79 Å². The molecule has 0 atom stereocenters. The van der Waals surface area contributed by atoms with Crippen molar-refractivity contribution in [2.24, 2.45) is 0 Å². The van der Waals surface area contributed by atoms with Gasteiger partial charge in [0.05, 0.1) is 12.3 Å². The molecule has 29 heavy (non-hydrogen) atoms. The fourth-order valence-corrected chi connectivity index (χ4v) is 2.95. The number of ether oxygens (including phenoxy) is 2. The summed E-state index contributed by atoms with van der Waals surface area (Å²) in [5.74, 6) is 1.24. The van der Waals surface area contributed by atoms with E-state index in [4.69, 9.17) is 14.0 Å². The molecule has 148 valence electrons. The zero-order valence-corrected chi connectivity index (χ0v) is 16.0. The Morgan fingerprint density at radius 2 is 2.00 bits per heavy atom. The first-order valence-electron chi connectivity index (χ1n) is 9.10. The zero-order valence-electron chi connectivity index (χ0n) is 16.0. The lowest BCUT2D eigenvalue weighted by molar-refractivity contribution is -0.120. The maximum absolute atomic E-state index is 12.5. The minimum atomic E-state index is -0.420. The number of hydrogen-bond acceptors (Lipinski definition) is 6. The van der Waals surface area contributed by atoms with E-state index in [0.29, 0.717) is 29.5 Å². The van der Waals surface area contributed by atoms with Crippen molar-refractivity contribution in [2.45, 2.75) is 6.92 Å². The first-order chi connectivity index (χ1) is 14.0. The first-order valence-corrected chi connectivity index (χ1v) is 9.10. The molecule has 0 saturated heterocycles. The molecular formula is C21H19N3O5. The summed E-state index contributed by atoms with van der Waals surface area (Å²) in [5.41, 5.74) is 2.04. The highest BCUT2D eigenvalue weighted by atomic mass is 16.5. The normalized spacial score (nSPS) is 12.9. The Bertz CT molecular complexity index is 1060. The second-order valence-electron chi connectivity index (χ2n) is 6.41. The molecule has 0 radical (unpaired) electrons. The Balaban J connectivity index is 1.49. The van der Waals surface area contributed by atoms with E-state index >= 15 is 0 Å². The Hall–Kier alpha value is -3.81. The van der Waals surface area contributed by atoms with Crippen LogP contribution in [0.1, 0.15) is 17.4 Å². The zero-order chi connectivity index (χ0) is 20.4. The molecule has 3 aromatic rings. The molecule has 0 saturated carbocycles. The van der Waals surface area contributed by atoms with Gasteiger partial charge in [-0.25, -0.2) is 0 Å². The first kappa shape index (κ1) is 18.5. The van der Waals surface area contributed by atoms with E-state index in [2.05, 4.69) is 10.5 Å². The van der Waals surface area contributed by atoms with Gasteiger partial charge in [-0.3, -0.25) is 9.59 Å². The second kappa shape index (κ2) is 7.67. The number of aromatic nitrogens is 1. The van der Waals surface area contributed by atoms with Crippen molar-refractivity contribution in [3.05, 3.63) is 54.2 Å². The van der Waals surface area contributed by atoms with Crippen LogP contribution >= 0.6 is 0 Å². The second-order valence-corrected chi connectivity index (χ2v) is 6.41. The molecule has 8 nitrogen and oxygen atoms in total. The molecule has 1 N–H and O–H groups in total. The van der Waals surface area contributed by atoms with E-state index in [0.717, 1.165) is 11.3 Å². The van der Waals surface area contributed by atoms with Gasteiger partial charge in [0.15, 0.2) is 18.1 Å². The summed E-state index contributed by atoms with van der Waals surface area (Å²) in [4.78, 5) is 25.8. The SMILES string of the molecule is CCOc1ccc(-c2cc(C(=O)Nc3ccc4c(c3)N(C)C(=O)CO4)no2)cc1. The van der Waals surface area contributed by atoms with E-state index in [1.807, 2.05) is 31.2 Å². The Morgan fingerprint density at radius 3 is 2.76 bits per heavy atom. The molecular weight excluding hydrogens is 374 g/mol. The average molecular weight is 393 g/mol. The third kappa shape index (κ3) is 3.77. The molecule has 1 aliphatic heterocycles. The lowest BCUT2D eigenvalue weighted by Gasteiger charge is -2.26. The predicted octanol–water partition coefficient (Wildman–Crippen LogP) is 3.35. The van der Waals surface area contributed by atoms with Crippen LogP contribution in [0.5, 0.6) is 11.5 Å². The molecule has 1 aliphatic rings. The number of carbonyl (C=O) groups is 2. The Morgan fingerprint density at radius 1 is 1.21 bits per heavy atom. The molecule has 0 aliphatic carbocycles. The molecule has 1 aromatic heterocycles. The summed E-state index contributed by atoms with van der Waals surface area (Å²) >= 11 is 0. The molecule has 2 aromatic carbocycles. The fraction of sp³-hybridized carbons (Fsp3) is 0.190. The third-order valence-electron chi connectivity index (χ3n) is 4.50. The van der Waals surface area contributed by atoms with Crippen LogP contribution in [-0.4, -0.2) is 37.2 Å². The number of rotatable bonds is 5. The van der Waals surface area contributed by atoms with E-state index in [1.165, 1.54) is 4.90 Å². The number of nitrogens with one attached hydrogen (secondary N) is 1. The highest BCUT2D eigenvalue weighted by molar-refractivity contribution is 6.04. The molecule has 2 heterocycles. The number of fused-ring (bicyclic) bond motifs is 1. The highest BCUT2D eigenvalue weighted by Crippen LogP contribution is 2.33. The highest BCUT2D eigenvalue weighted by Gasteiger charge is 2.23. The summed E-state index contributed by atoms with van der Waals surface area (Å²) in [5, 5.41) is 6.61. The van der Waals surface area contributed by atoms with Gasteiger partial charge in [-0.2, -0.15) is 0 Å². The number of hydrogen-bond donors (Lipinski definition) is 1. The van der Waals surface area contributed by atoms with E-state index in [1.54, 1.807) is 31.3 Å². The van der Waals surface area contributed by atoms with E-state index in [9.17, 15) is 9.59 Å². The lowest BCUT2D eigenvalue weighted by atomic mass is 10.1. The standard InChI is InChI=1S/C21H19N3O5/c1-3-27-15-7-4-13(5-8-15)19-11-16(23-29-19)21(26)22-14-6-9-18-17(10-14)24(2)20(25)12-28-18/h4-11H,3,12H2,1-2H3,(H,22,26). The molecule has 2 amide bonds. The molecule has 0 bridgehead atoms. The average Bonchev–Trinajstić information content (AvgIpc) is 3.22. The third-order valence-corrected chi connectivity index (χ3v) is 4.50. The van der Waals surface area contributed by atoms with Crippen LogP contribution in [0.15, 0.2) is 53.1 Å². The molecule has 0 spiro atoms. The van der Waals surface area contributed by atoms with Crippen molar-refractivity contribution in [3.8, 4) is 22.8 Å². The Labute approximate surface area is 167 Å². The minimum absolute atomic E-state index is 0.00245. The van der Waals surface area contributed by atoms with Gasteiger partial charge >= 0.3 is 0 Å². The Kier molecular flexibility index (Phi) is 4.90. The van der Waals surface area contributed by atoms with Gasteiger partial charge in [0.1, 0.15) is 11.5 Å². The number of anilines is 2. The summed E-state index contributed by atoms with van der Waals surface area (Å²) in [6, 6.07) is 14.0. The number of carbonyl (C=O) groups excluding carboxylic acids is 2. The number of nitrogens with zero attached hydrogens (tertiary/aromatic N) is 2. The fourth-order valence-electron chi connectivity index (χ4n) is 2.95. The molecule has 0 unspecified atom stereocenters. The topological polar surface area (TPSA) is 93.9 Å². The monoisotopic (exact) mass is 393 g/mol. The lowest BCUT2D eigenvalue weighted by Crippen LogP contribution is -2.35. The molecule has 0 fully saturated rings. The van der Waals surface area contributed by atoms with Crippen molar-refractivity contribution in [1.82, 2.24) is 5.16 Å². The summed E-state index contributed by atoms with van der Waals surface area (Å²) in [7, 11) is 1.66. The van der Waals surface area contributed by atoms with Crippen LogP contribution < -0.4 is 19.7 Å². The van der Waals surface area contributed by atoms with Crippen LogP contribution in [0.25, 0.3) is 11.3 Å². The van der Waals surface area contributed by atoms with Crippen molar-refractivity contribution in [2.75, 3.05) is 30.5 Å². The maximum Gasteiger partial charge on any atom is 0.277 e. The van der Waals surface area contributed by atoms with Gasteiger partial charge < -0.3 is 24.2 Å². The van der Waals surface area contributed by atoms with Gasteiger partial charge in [0.25, 0.3) is 11.8 Å². The summed E-state index contributed by atoms with van der Waals surface area (Å²) in [6.07, 6.45) is 0. The van der Waals surface area contributed by atoms with E-state index < -0.39 is 5.91 Å². The van der Waals surface area contributed by atoms with Crippen molar-refractivity contribution < 1.29 is 23.6 Å². The number of amides is 2. The predicted molar refractivity (Wildman–Crippen MR) is 106 cm³/mol. The number of benzene rings is 2. The summed E-state index contributed by atoms with van der Waals surface area (Å²) in [6.45, 7) is 2.51. The van der Waals surface area contributed by atoms with E-state index in [-0.39, 0.29) is 18.2 Å². The van der Waals surface area contributed by atoms with Crippen molar-refractivity contribution in [1.29, 1.82) is 0 Å². The van der Waals surface area contributed by atoms with Crippen molar-refractivity contribution >= 4 is 23.2 Å². The minimum Gasteiger partial charge on any atom is -0.494 e. The molecule has 4 rings (SSSR count). The van der Waals surface area contributed by atoms with Crippen LogP contribution in [0.3, 0.4) is 0 Å². The van der Waals surface area contributed by atoms with Crippen LogP contribution in [0.2, 0.25) is 0 Å². The number of likely N-dealkylation sites (N-methyl/N-ethyl adjacent to an activating group) is 1. The van der Waals surface area contributed by atoms with Gasteiger partial charge in [-0.1, -0.05) is 5.16 Å². The smallest absolute Gasteiger partial charge is 0.277 e. The maximum atomic E-state index is 12.5. The van der Waals surface area contributed by atoms with Gasteiger partial charge in [0.2, 0.25) is 0 Å². The van der Waals surface area contributed by atoms with Gasteiger partial charge in [0, 0.05) is 24.4 Å². The molecule has 8 heteroatoms. The van der Waals surface area contributed by atoms with Crippen molar-refractivity contribution in [3.63, 3.8) is 0 Å². The summed E-state index contributed by atoms with van der Waals surface area (Å²) < 4.78 is 16.1. The largest absolute Gasteiger partial charge is 0.494 e. The van der Waals surface area contributed by atoms with Gasteiger partial charge in [-0.05, 0) is 49.4 Å². The quantitative estimate of drug-likeness (QED) is 0.714. The van der Waals surface area contributed by atoms with Crippen LogP contribution in [0.4, 0.5) is 11.4 Å².